The Kier molecular flexibility index (Phi) is 9.82. The van der Waals surface area contributed by atoms with E-state index in [-0.39, 0.29) is 11.4 Å². The van der Waals surface area contributed by atoms with E-state index < -0.39 is 0 Å². The summed E-state index contributed by atoms with van der Waals surface area (Å²) in [7, 11) is 7.40. The van der Waals surface area contributed by atoms with Crippen molar-refractivity contribution < 1.29 is 13.7 Å². The molecule has 0 amide bonds. The molecule has 1 aliphatic heterocycles. The summed E-state index contributed by atoms with van der Waals surface area (Å²) >= 11 is 0. The highest BCUT2D eigenvalue weighted by Crippen LogP contribution is 2.34. The van der Waals surface area contributed by atoms with E-state index in [1.807, 2.05) is 53.3 Å². The molecule has 0 spiro atoms. The minimum Gasteiger partial charge on any atom is -0.493 e. The van der Waals surface area contributed by atoms with Crippen LogP contribution in [0.25, 0.3) is 11.0 Å². The fourth-order valence-corrected chi connectivity index (χ4v) is 5.22. The van der Waals surface area contributed by atoms with Crippen LogP contribution in [0.2, 0.25) is 0 Å². The number of fused-ring (bicyclic) bond motifs is 1. The Hall–Kier alpha value is -3.15. The molecule has 2 aliphatic rings. The first kappa shape index (κ1) is 28.8. The summed E-state index contributed by atoms with van der Waals surface area (Å²) in [6.45, 7) is 5.24. The van der Waals surface area contributed by atoms with Crippen molar-refractivity contribution in [2.24, 2.45) is 11.8 Å². The zero-order chi connectivity index (χ0) is 27.9. The number of likely N-dealkylation sites (tertiary alicyclic amines) is 1. The van der Waals surface area contributed by atoms with Gasteiger partial charge in [0.05, 0.1) is 18.0 Å². The van der Waals surface area contributed by atoms with Crippen molar-refractivity contribution in [1.29, 1.82) is 5.26 Å². The first-order chi connectivity index (χ1) is 18.9. The number of hydrogen-bond donors (Lipinski definition) is 1. The van der Waals surface area contributed by atoms with Gasteiger partial charge in [-0.1, -0.05) is 11.2 Å². The number of anilines is 1. The van der Waals surface area contributed by atoms with Crippen molar-refractivity contribution in [3.63, 3.8) is 0 Å². The normalized spacial score (nSPS) is 16.0. The van der Waals surface area contributed by atoms with Crippen LogP contribution >= 0.6 is 0 Å². The van der Waals surface area contributed by atoms with Gasteiger partial charge in [0.2, 0.25) is 0 Å². The van der Waals surface area contributed by atoms with Crippen LogP contribution in [-0.4, -0.2) is 57.9 Å². The van der Waals surface area contributed by atoms with Gasteiger partial charge in [-0.05, 0) is 103 Å². The molecule has 2 fully saturated rings. The second-order valence-corrected chi connectivity index (χ2v) is 11.1. The van der Waals surface area contributed by atoms with Gasteiger partial charge in [0.15, 0.2) is 5.58 Å². The monoisotopic (exact) mass is 535 g/mol. The zero-order valence-electron chi connectivity index (χ0n) is 24.0. The minimum atomic E-state index is -0.389. The fourth-order valence-electron chi connectivity index (χ4n) is 5.22. The third kappa shape index (κ3) is 7.09. The SMILES string of the molecule is CNC.Cc1c(OCC2CC2)ccc2c(CCC3CCN(Cc4ccc(N(C)C)c(C#N)c4F)CC3)noc12. The highest BCUT2D eigenvalue weighted by atomic mass is 19.1. The molecule has 2 aromatic carbocycles. The standard InChI is InChI=1S/C29H35FN4O2.C2H7N/c1-19-27(35-18-21-4-5-21)11-8-23-25(32-36-29(19)23)9-6-20-12-14-34(15-13-20)17-22-7-10-26(33(2)3)24(16-31)28(22)30;1-3-2/h7-8,10-11,20-21H,4-6,9,12-15,17-18H2,1-3H3;3H,1-2H3. The maximum Gasteiger partial charge on any atom is 0.173 e. The van der Waals surface area contributed by atoms with Crippen LogP contribution in [0.15, 0.2) is 28.8 Å². The highest BCUT2D eigenvalue weighted by Gasteiger charge is 2.24. The van der Waals surface area contributed by atoms with Crippen LogP contribution in [0.3, 0.4) is 0 Å². The van der Waals surface area contributed by atoms with E-state index in [4.69, 9.17) is 9.26 Å². The lowest BCUT2D eigenvalue weighted by Crippen LogP contribution is -2.33. The summed E-state index contributed by atoms with van der Waals surface area (Å²) in [5.74, 6) is 1.85. The van der Waals surface area contributed by atoms with Crippen molar-refractivity contribution in [2.45, 2.75) is 52.0 Å². The summed E-state index contributed by atoms with van der Waals surface area (Å²) < 4.78 is 26.7. The number of nitrogens with one attached hydrogen (secondary N) is 1. The third-order valence-electron chi connectivity index (χ3n) is 7.77. The van der Waals surface area contributed by atoms with Crippen LogP contribution in [0.4, 0.5) is 10.1 Å². The van der Waals surface area contributed by atoms with Crippen LogP contribution in [0, 0.1) is 35.9 Å². The second-order valence-electron chi connectivity index (χ2n) is 11.1. The number of halogens is 1. The van der Waals surface area contributed by atoms with Gasteiger partial charge in [0.1, 0.15) is 23.2 Å². The smallest absolute Gasteiger partial charge is 0.173 e. The largest absolute Gasteiger partial charge is 0.493 e. The molecule has 210 valence electrons. The molecule has 1 N–H and O–H groups in total. The molecule has 0 unspecified atom stereocenters. The number of nitrogens with zero attached hydrogens (tertiary/aromatic N) is 4. The summed E-state index contributed by atoms with van der Waals surface area (Å²) in [6.07, 6.45) is 6.67. The van der Waals surface area contributed by atoms with Gasteiger partial charge < -0.3 is 19.5 Å². The topological polar surface area (TPSA) is 77.6 Å². The van der Waals surface area contributed by atoms with Gasteiger partial charge in [-0.15, -0.1) is 0 Å². The Labute approximate surface area is 231 Å². The first-order valence-corrected chi connectivity index (χ1v) is 14.1. The molecule has 1 aromatic heterocycles. The number of nitriles is 1. The van der Waals surface area contributed by atoms with Crippen molar-refractivity contribution >= 4 is 16.7 Å². The second kappa shape index (κ2) is 13.3. The maximum absolute atomic E-state index is 15.0. The van der Waals surface area contributed by atoms with E-state index in [0.717, 1.165) is 79.3 Å². The lowest BCUT2D eigenvalue weighted by atomic mass is 9.90. The van der Waals surface area contributed by atoms with Gasteiger partial charge >= 0.3 is 0 Å². The van der Waals surface area contributed by atoms with Crippen LogP contribution < -0.4 is 15.0 Å². The molecule has 1 aliphatic carbocycles. The lowest BCUT2D eigenvalue weighted by molar-refractivity contribution is 0.170. The van der Waals surface area contributed by atoms with E-state index in [1.54, 1.807) is 4.90 Å². The Morgan fingerprint density at radius 3 is 2.49 bits per heavy atom. The maximum atomic E-state index is 15.0. The molecule has 3 aromatic rings. The number of ether oxygens (including phenoxy) is 1. The van der Waals surface area contributed by atoms with E-state index in [0.29, 0.717) is 23.7 Å². The zero-order valence-corrected chi connectivity index (χ0v) is 24.0. The number of aromatic nitrogens is 1. The Morgan fingerprint density at radius 1 is 1.13 bits per heavy atom. The van der Waals surface area contributed by atoms with Gasteiger partial charge in [0, 0.05) is 37.2 Å². The molecule has 2 heterocycles. The highest BCUT2D eigenvalue weighted by molar-refractivity contribution is 5.84. The van der Waals surface area contributed by atoms with Gasteiger partial charge in [-0.3, -0.25) is 4.90 Å². The van der Waals surface area contributed by atoms with Crippen molar-refractivity contribution in [1.82, 2.24) is 15.4 Å². The number of rotatable bonds is 9. The van der Waals surface area contributed by atoms with Gasteiger partial charge in [-0.2, -0.15) is 5.26 Å². The molecule has 8 heteroatoms. The summed E-state index contributed by atoms with van der Waals surface area (Å²) in [5, 5.41) is 17.7. The fraction of sp³-hybridized carbons (Fsp3) is 0.548. The van der Waals surface area contributed by atoms with Crippen LogP contribution in [0.1, 0.15) is 54.5 Å². The van der Waals surface area contributed by atoms with Crippen molar-refractivity contribution in [2.75, 3.05) is 52.8 Å². The molecule has 39 heavy (non-hydrogen) atoms. The quantitative estimate of drug-likeness (QED) is 0.378. The van der Waals surface area contributed by atoms with E-state index in [1.165, 1.54) is 12.8 Å². The minimum absolute atomic E-state index is 0.129. The molecule has 1 saturated heterocycles. The molecular formula is C31H42FN5O2. The van der Waals surface area contributed by atoms with Crippen LogP contribution in [0.5, 0.6) is 5.75 Å². The van der Waals surface area contributed by atoms with Crippen molar-refractivity contribution in [3.05, 3.63) is 52.5 Å². The molecule has 7 nitrogen and oxygen atoms in total. The molecule has 1 saturated carbocycles. The van der Waals surface area contributed by atoms with E-state index >= 15 is 0 Å². The summed E-state index contributed by atoms with van der Waals surface area (Å²) in [6, 6.07) is 9.84. The number of hydrogen-bond acceptors (Lipinski definition) is 7. The van der Waals surface area contributed by atoms with Crippen molar-refractivity contribution in [3.8, 4) is 11.8 Å². The predicted octanol–water partition coefficient (Wildman–Crippen LogP) is 5.68. The molecular weight excluding hydrogens is 493 g/mol. The Bertz CT molecular complexity index is 1290. The average molecular weight is 536 g/mol. The molecule has 0 atom stereocenters. The van der Waals surface area contributed by atoms with Gasteiger partial charge in [-0.25, -0.2) is 4.39 Å². The van der Waals surface area contributed by atoms with Crippen LogP contribution in [-0.2, 0) is 13.0 Å². The average Bonchev–Trinajstić information content (AvgIpc) is 3.66. The van der Waals surface area contributed by atoms with Gasteiger partial charge in [0.25, 0.3) is 0 Å². The Morgan fingerprint density at radius 2 is 1.85 bits per heavy atom. The van der Waals surface area contributed by atoms with E-state index in [9.17, 15) is 9.65 Å². The first-order valence-electron chi connectivity index (χ1n) is 14.1. The number of aryl methyl sites for hydroxylation is 2. The predicted molar refractivity (Wildman–Crippen MR) is 154 cm³/mol. The molecule has 0 radical (unpaired) electrons. The summed E-state index contributed by atoms with van der Waals surface area (Å²) in [4.78, 5) is 4.07. The summed E-state index contributed by atoms with van der Waals surface area (Å²) in [5.41, 5.74) is 4.24. The lowest BCUT2D eigenvalue weighted by Gasteiger charge is -2.32. The molecule has 0 bridgehead atoms. The third-order valence-corrected chi connectivity index (χ3v) is 7.77. The van der Waals surface area contributed by atoms with E-state index in [2.05, 4.69) is 27.5 Å². The number of piperidine rings is 1. The number of benzene rings is 2. The molecule has 5 rings (SSSR count). The Balaban J connectivity index is 0.00000112.